The van der Waals surface area contributed by atoms with Gasteiger partial charge in [0.2, 0.25) is 5.76 Å². The van der Waals surface area contributed by atoms with Crippen molar-refractivity contribution in [2.75, 3.05) is 0 Å². The van der Waals surface area contributed by atoms with Gasteiger partial charge >= 0.3 is 5.97 Å². The molecule has 0 aliphatic rings. The van der Waals surface area contributed by atoms with Gasteiger partial charge in [-0.2, -0.15) is 0 Å². The van der Waals surface area contributed by atoms with Crippen molar-refractivity contribution in [2.45, 2.75) is 6.54 Å². The summed E-state index contributed by atoms with van der Waals surface area (Å²) < 4.78 is 8.53. The molecule has 2 rings (SSSR count). The largest absolute Gasteiger partial charge is 0.475 e. The second-order valence-corrected chi connectivity index (χ2v) is 3.82. The van der Waals surface area contributed by atoms with E-state index in [9.17, 15) is 9.59 Å². The summed E-state index contributed by atoms with van der Waals surface area (Å²) in [6, 6.07) is 2.83. The van der Waals surface area contributed by atoms with Crippen LogP contribution in [0.5, 0.6) is 0 Å². The van der Waals surface area contributed by atoms with Gasteiger partial charge in [-0.3, -0.25) is 4.79 Å². The van der Waals surface area contributed by atoms with Crippen LogP contribution in [0.4, 0.5) is 0 Å². The lowest BCUT2D eigenvalue weighted by Crippen LogP contribution is -2.21. The van der Waals surface area contributed by atoms with E-state index >= 15 is 0 Å². The predicted octanol–water partition coefficient (Wildman–Crippen LogP) is 0.759. The molecule has 2 N–H and O–H groups in total. The van der Waals surface area contributed by atoms with Crippen LogP contribution in [0, 0.1) is 0 Å². The van der Waals surface area contributed by atoms with Gasteiger partial charge in [-0.25, -0.2) is 4.79 Å². The van der Waals surface area contributed by atoms with Crippen molar-refractivity contribution in [3.63, 3.8) is 0 Å². The number of carbonyl (C=O) groups excluding carboxylic acids is 1. The molecule has 0 saturated carbocycles. The van der Waals surface area contributed by atoms with Gasteiger partial charge in [-0.05, 0) is 23.7 Å². The van der Waals surface area contributed by atoms with E-state index in [4.69, 9.17) is 9.52 Å². The van der Waals surface area contributed by atoms with Crippen LogP contribution in [0.1, 0.15) is 26.0 Å². The summed E-state index contributed by atoms with van der Waals surface area (Å²) in [5, 5.41) is 14.7. The van der Waals surface area contributed by atoms with Crippen molar-refractivity contribution in [1.82, 2.24) is 14.9 Å². The molecule has 8 heteroatoms. The zero-order valence-electron chi connectivity index (χ0n) is 8.41. The van der Waals surface area contributed by atoms with E-state index in [2.05, 4.69) is 14.9 Å². The van der Waals surface area contributed by atoms with E-state index in [1.165, 1.54) is 18.3 Å². The third-order valence-electron chi connectivity index (χ3n) is 1.88. The molecule has 17 heavy (non-hydrogen) atoms. The Labute approximate surface area is 99.2 Å². The van der Waals surface area contributed by atoms with Crippen molar-refractivity contribution < 1.29 is 19.1 Å². The molecule has 2 aromatic rings. The van der Waals surface area contributed by atoms with Gasteiger partial charge in [0.25, 0.3) is 5.91 Å². The van der Waals surface area contributed by atoms with Crippen LogP contribution in [0.15, 0.2) is 22.7 Å². The Bertz CT molecular complexity index is 534. The Morgan fingerprint density at radius 3 is 2.88 bits per heavy atom. The molecule has 2 heterocycles. The third kappa shape index (κ3) is 2.67. The number of amides is 1. The predicted molar refractivity (Wildman–Crippen MR) is 56.7 cm³/mol. The minimum Gasteiger partial charge on any atom is -0.475 e. The molecule has 0 bridgehead atoms. The van der Waals surface area contributed by atoms with E-state index in [1.54, 1.807) is 0 Å². The highest BCUT2D eigenvalue weighted by Gasteiger charge is 2.11. The molecule has 0 fully saturated rings. The van der Waals surface area contributed by atoms with Crippen LogP contribution in [-0.4, -0.2) is 26.6 Å². The number of carboxylic acids is 1. The molecule has 0 aliphatic carbocycles. The van der Waals surface area contributed by atoms with Crippen LogP contribution < -0.4 is 5.32 Å². The molecule has 0 spiro atoms. The fraction of sp³-hybridized carbons (Fsp3) is 0.111. The Kier molecular flexibility index (Phi) is 3.15. The van der Waals surface area contributed by atoms with Crippen LogP contribution in [0.3, 0.4) is 0 Å². The van der Waals surface area contributed by atoms with Gasteiger partial charge in [0.1, 0.15) is 10.6 Å². The van der Waals surface area contributed by atoms with Crippen LogP contribution >= 0.6 is 11.5 Å². The number of rotatable bonds is 4. The summed E-state index contributed by atoms with van der Waals surface area (Å²) in [6.45, 7) is 0.115. The monoisotopic (exact) mass is 253 g/mol. The summed E-state index contributed by atoms with van der Waals surface area (Å²) in [4.78, 5) is 22.4. The van der Waals surface area contributed by atoms with Crippen molar-refractivity contribution >= 4 is 23.4 Å². The SMILES string of the molecule is O=C(O)c1ccc(CNC(=O)c2cnns2)o1. The van der Waals surface area contributed by atoms with Gasteiger partial charge in [0, 0.05) is 0 Å². The minimum absolute atomic E-state index is 0.115. The average Bonchev–Trinajstić information content (AvgIpc) is 2.97. The number of aromatic nitrogens is 2. The normalized spacial score (nSPS) is 10.1. The number of hydrogen-bond acceptors (Lipinski definition) is 6. The Morgan fingerprint density at radius 2 is 2.29 bits per heavy atom. The quantitative estimate of drug-likeness (QED) is 0.833. The van der Waals surface area contributed by atoms with Gasteiger partial charge in [-0.1, -0.05) is 4.49 Å². The zero-order valence-corrected chi connectivity index (χ0v) is 9.23. The van der Waals surface area contributed by atoms with Gasteiger partial charge in [-0.15, -0.1) is 5.10 Å². The Hall–Kier alpha value is -2.22. The van der Waals surface area contributed by atoms with Crippen LogP contribution in [0.25, 0.3) is 0 Å². The van der Waals surface area contributed by atoms with E-state index in [0.717, 1.165) is 11.5 Å². The number of nitrogens with one attached hydrogen (secondary N) is 1. The van der Waals surface area contributed by atoms with Crippen molar-refractivity contribution in [3.05, 3.63) is 34.7 Å². The molecule has 0 radical (unpaired) electrons. The van der Waals surface area contributed by atoms with E-state index in [1.807, 2.05) is 0 Å². The van der Waals surface area contributed by atoms with Crippen molar-refractivity contribution in [1.29, 1.82) is 0 Å². The maximum Gasteiger partial charge on any atom is 0.371 e. The number of furan rings is 1. The molecule has 0 saturated heterocycles. The maximum absolute atomic E-state index is 11.5. The molecule has 0 atom stereocenters. The lowest BCUT2D eigenvalue weighted by atomic mass is 10.4. The third-order valence-corrected chi connectivity index (χ3v) is 2.54. The van der Waals surface area contributed by atoms with Crippen molar-refractivity contribution in [2.24, 2.45) is 0 Å². The summed E-state index contributed by atoms with van der Waals surface area (Å²) in [6.07, 6.45) is 1.35. The Morgan fingerprint density at radius 1 is 1.47 bits per heavy atom. The molecule has 0 aromatic carbocycles. The zero-order chi connectivity index (χ0) is 12.3. The fourth-order valence-corrected chi connectivity index (χ4v) is 1.54. The van der Waals surface area contributed by atoms with Crippen LogP contribution in [-0.2, 0) is 6.54 Å². The first-order valence-corrected chi connectivity index (χ1v) is 5.31. The number of aromatic carboxylic acids is 1. The number of carboxylic acid groups (broad SMARTS) is 1. The maximum atomic E-state index is 11.5. The minimum atomic E-state index is -1.14. The topological polar surface area (TPSA) is 105 Å². The molecule has 0 unspecified atom stereocenters. The molecular weight excluding hydrogens is 246 g/mol. The van der Waals surface area contributed by atoms with E-state index < -0.39 is 5.97 Å². The van der Waals surface area contributed by atoms with Crippen molar-refractivity contribution in [3.8, 4) is 0 Å². The first-order chi connectivity index (χ1) is 8.16. The highest BCUT2D eigenvalue weighted by Crippen LogP contribution is 2.08. The molecule has 1 amide bonds. The molecule has 2 aromatic heterocycles. The van der Waals surface area contributed by atoms with Gasteiger partial charge < -0.3 is 14.8 Å². The van der Waals surface area contributed by atoms with Gasteiger partial charge in [0.15, 0.2) is 0 Å². The first kappa shape index (κ1) is 11.3. The summed E-state index contributed by atoms with van der Waals surface area (Å²) in [5.74, 6) is -1.26. The first-order valence-electron chi connectivity index (χ1n) is 4.54. The second kappa shape index (κ2) is 4.74. The summed E-state index contributed by atoms with van der Waals surface area (Å²) >= 11 is 0.978. The Balaban J connectivity index is 1.93. The fourth-order valence-electron chi connectivity index (χ4n) is 1.11. The molecule has 0 aliphatic heterocycles. The lowest BCUT2D eigenvalue weighted by molar-refractivity contribution is 0.0660. The van der Waals surface area contributed by atoms with E-state index in [-0.39, 0.29) is 18.2 Å². The number of carbonyl (C=O) groups is 2. The van der Waals surface area contributed by atoms with Crippen LogP contribution in [0.2, 0.25) is 0 Å². The molecule has 7 nitrogen and oxygen atoms in total. The smallest absolute Gasteiger partial charge is 0.371 e. The van der Waals surface area contributed by atoms with E-state index in [0.29, 0.717) is 10.6 Å². The second-order valence-electron chi connectivity index (χ2n) is 3.04. The highest BCUT2D eigenvalue weighted by atomic mass is 32.1. The highest BCUT2D eigenvalue weighted by molar-refractivity contribution is 7.07. The van der Waals surface area contributed by atoms with Gasteiger partial charge in [0.05, 0.1) is 12.7 Å². The molecular formula is C9H7N3O4S. The number of hydrogen-bond donors (Lipinski definition) is 2. The number of nitrogens with zero attached hydrogens (tertiary/aromatic N) is 2. The average molecular weight is 253 g/mol. The summed E-state index contributed by atoms with van der Waals surface area (Å²) in [5.41, 5.74) is 0. The standard InChI is InChI=1S/C9H7N3O4S/c13-8(7-4-11-12-17-7)10-3-5-1-2-6(16-5)9(14)15/h1-2,4H,3H2,(H,10,13)(H,14,15). The molecule has 88 valence electrons. The summed E-state index contributed by atoms with van der Waals surface area (Å²) in [7, 11) is 0. The lowest BCUT2D eigenvalue weighted by Gasteiger charge is -1.99.